The molecule has 1 aliphatic rings. The van der Waals surface area contributed by atoms with Crippen molar-refractivity contribution in [3.8, 4) is 5.75 Å². The summed E-state index contributed by atoms with van der Waals surface area (Å²) >= 11 is 0. The summed E-state index contributed by atoms with van der Waals surface area (Å²) in [5.74, 6) is -0.141. The molecular weight excluding hydrogens is 320 g/mol. The Labute approximate surface area is 146 Å². The molecule has 1 aliphatic heterocycles. The lowest BCUT2D eigenvalue weighted by atomic mass is 10.1. The van der Waals surface area contributed by atoms with Crippen LogP contribution < -0.4 is 15.0 Å². The van der Waals surface area contributed by atoms with Gasteiger partial charge in [0.1, 0.15) is 5.75 Å². The third-order valence-corrected chi connectivity index (χ3v) is 4.25. The molecule has 6 nitrogen and oxygen atoms in total. The summed E-state index contributed by atoms with van der Waals surface area (Å²) in [4.78, 5) is 26.5. The zero-order chi connectivity index (χ0) is 17.8. The molecule has 1 fully saturated rings. The quantitative estimate of drug-likeness (QED) is 0.874. The summed E-state index contributed by atoms with van der Waals surface area (Å²) in [6, 6.07) is 14.3. The van der Waals surface area contributed by atoms with Gasteiger partial charge in [0.25, 0.3) is 0 Å². The fraction of sp³-hybridized carbons (Fsp3) is 0.263. The van der Waals surface area contributed by atoms with Crippen molar-refractivity contribution in [1.82, 2.24) is 0 Å². The number of anilines is 2. The summed E-state index contributed by atoms with van der Waals surface area (Å²) in [5, 5.41) is 12.0. The molecule has 2 amide bonds. The zero-order valence-corrected chi connectivity index (χ0v) is 13.9. The van der Waals surface area contributed by atoms with E-state index < -0.39 is 5.92 Å². The minimum Gasteiger partial charge on any atom is -0.495 e. The molecule has 2 aromatic rings. The Bertz CT molecular complexity index is 790. The van der Waals surface area contributed by atoms with Gasteiger partial charge in [-0.1, -0.05) is 24.3 Å². The van der Waals surface area contributed by atoms with Gasteiger partial charge < -0.3 is 20.1 Å². The van der Waals surface area contributed by atoms with Gasteiger partial charge in [0.05, 0.1) is 25.3 Å². The smallest absolute Gasteiger partial charge is 0.229 e. The number of hydrogen-bond acceptors (Lipinski definition) is 4. The topological polar surface area (TPSA) is 78.9 Å². The van der Waals surface area contributed by atoms with Crippen LogP contribution in [-0.2, 0) is 16.2 Å². The number of nitrogens with zero attached hydrogens (tertiary/aromatic N) is 1. The van der Waals surface area contributed by atoms with E-state index in [0.717, 1.165) is 5.56 Å². The minimum atomic E-state index is -0.435. The van der Waals surface area contributed by atoms with Gasteiger partial charge in [0.2, 0.25) is 11.8 Å². The highest BCUT2D eigenvalue weighted by Crippen LogP contribution is 2.33. The standard InChI is InChI=1S/C19H20N2O4/c1-25-17-8-3-2-7-16(17)21-11-14(10-18(21)23)19(24)20-15-6-4-5-13(9-15)12-22/h2-9,14,22H,10-12H2,1H3,(H,20,24). The highest BCUT2D eigenvalue weighted by Gasteiger charge is 2.36. The number of methoxy groups -OCH3 is 1. The van der Waals surface area contributed by atoms with Crippen LogP contribution in [0.2, 0.25) is 0 Å². The third-order valence-electron chi connectivity index (χ3n) is 4.25. The van der Waals surface area contributed by atoms with Gasteiger partial charge >= 0.3 is 0 Å². The number of para-hydroxylation sites is 2. The SMILES string of the molecule is COc1ccccc1N1CC(C(=O)Nc2cccc(CO)c2)CC1=O. The Kier molecular flexibility index (Phi) is 5.00. The highest BCUT2D eigenvalue weighted by atomic mass is 16.5. The molecular formula is C19H20N2O4. The van der Waals surface area contributed by atoms with Crippen LogP contribution in [-0.4, -0.2) is 30.6 Å². The lowest BCUT2D eigenvalue weighted by Crippen LogP contribution is -2.28. The van der Waals surface area contributed by atoms with Crippen molar-refractivity contribution in [2.75, 3.05) is 23.9 Å². The molecule has 1 unspecified atom stereocenters. The molecule has 2 aromatic carbocycles. The van der Waals surface area contributed by atoms with Gasteiger partial charge in [-0.05, 0) is 29.8 Å². The second-order valence-corrected chi connectivity index (χ2v) is 5.92. The molecule has 0 bridgehead atoms. The number of nitrogens with one attached hydrogen (secondary N) is 1. The van der Waals surface area contributed by atoms with Gasteiger partial charge in [0.15, 0.2) is 0 Å². The van der Waals surface area contributed by atoms with Crippen LogP contribution in [0.1, 0.15) is 12.0 Å². The summed E-state index contributed by atoms with van der Waals surface area (Å²) in [6.45, 7) is 0.220. The summed E-state index contributed by atoms with van der Waals surface area (Å²) in [6.07, 6.45) is 0.156. The van der Waals surface area contributed by atoms with Crippen molar-refractivity contribution < 1.29 is 19.4 Å². The van der Waals surface area contributed by atoms with Crippen LogP contribution in [0, 0.1) is 5.92 Å². The van der Waals surface area contributed by atoms with Gasteiger partial charge in [-0.15, -0.1) is 0 Å². The Morgan fingerprint density at radius 2 is 2.08 bits per heavy atom. The van der Waals surface area contributed by atoms with Crippen molar-refractivity contribution in [2.24, 2.45) is 5.92 Å². The molecule has 0 saturated carbocycles. The zero-order valence-electron chi connectivity index (χ0n) is 13.9. The van der Waals surface area contributed by atoms with Crippen molar-refractivity contribution >= 4 is 23.2 Å². The van der Waals surface area contributed by atoms with Crippen LogP contribution in [0.4, 0.5) is 11.4 Å². The van der Waals surface area contributed by atoms with E-state index in [2.05, 4.69) is 5.32 Å². The van der Waals surface area contributed by atoms with Crippen molar-refractivity contribution in [2.45, 2.75) is 13.0 Å². The van der Waals surface area contributed by atoms with Gasteiger partial charge in [0, 0.05) is 18.7 Å². The molecule has 1 saturated heterocycles. The molecule has 130 valence electrons. The first-order chi connectivity index (χ1) is 12.1. The van der Waals surface area contributed by atoms with Gasteiger partial charge in [-0.2, -0.15) is 0 Å². The number of aliphatic hydroxyl groups excluding tert-OH is 1. The first kappa shape index (κ1) is 17.0. The summed E-state index contributed by atoms with van der Waals surface area (Å²) in [7, 11) is 1.55. The first-order valence-electron chi connectivity index (χ1n) is 8.06. The molecule has 0 aromatic heterocycles. The normalized spacial score (nSPS) is 16.8. The number of benzene rings is 2. The van der Waals surface area contributed by atoms with E-state index in [0.29, 0.717) is 23.7 Å². The van der Waals surface area contributed by atoms with Crippen LogP contribution >= 0.6 is 0 Å². The Balaban J connectivity index is 1.72. The maximum atomic E-state index is 12.5. The average Bonchev–Trinajstić information content (AvgIpc) is 3.03. The molecule has 25 heavy (non-hydrogen) atoms. The van der Waals surface area contributed by atoms with E-state index >= 15 is 0 Å². The summed E-state index contributed by atoms with van der Waals surface area (Å²) in [5.41, 5.74) is 2.00. The van der Waals surface area contributed by atoms with E-state index in [1.54, 1.807) is 42.3 Å². The van der Waals surface area contributed by atoms with E-state index in [-0.39, 0.29) is 24.8 Å². The Hall–Kier alpha value is -2.86. The molecule has 1 atom stereocenters. The monoisotopic (exact) mass is 340 g/mol. The fourth-order valence-electron chi connectivity index (χ4n) is 2.96. The molecule has 3 rings (SSSR count). The summed E-state index contributed by atoms with van der Waals surface area (Å²) < 4.78 is 5.30. The third kappa shape index (κ3) is 3.64. The highest BCUT2D eigenvalue weighted by molar-refractivity contribution is 6.04. The Morgan fingerprint density at radius 3 is 2.84 bits per heavy atom. The van der Waals surface area contributed by atoms with Crippen LogP contribution in [0.25, 0.3) is 0 Å². The van der Waals surface area contributed by atoms with E-state index in [1.807, 2.05) is 18.2 Å². The molecule has 2 N–H and O–H groups in total. The van der Waals surface area contributed by atoms with E-state index in [4.69, 9.17) is 4.74 Å². The molecule has 0 spiro atoms. The average molecular weight is 340 g/mol. The van der Waals surface area contributed by atoms with Gasteiger partial charge in [-0.25, -0.2) is 0 Å². The van der Waals surface area contributed by atoms with Crippen molar-refractivity contribution in [1.29, 1.82) is 0 Å². The predicted octanol–water partition coefficient (Wildman–Crippen LogP) is 2.18. The number of ether oxygens (including phenoxy) is 1. The molecule has 0 aliphatic carbocycles. The lowest BCUT2D eigenvalue weighted by molar-refractivity contribution is -0.122. The predicted molar refractivity (Wildman–Crippen MR) is 94.4 cm³/mol. The molecule has 6 heteroatoms. The maximum Gasteiger partial charge on any atom is 0.229 e. The number of carbonyl (C=O) groups is 2. The number of hydrogen-bond donors (Lipinski definition) is 2. The second-order valence-electron chi connectivity index (χ2n) is 5.92. The minimum absolute atomic E-state index is 0.0901. The van der Waals surface area contributed by atoms with Crippen molar-refractivity contribution in [3.63, 3.8) is 0 Å². The lowest BCUT2D eigenvalue weighted by Gasteiger charge is -2.19. The number of aliphatic hydroxyl groups is 1. The molecule has 1 heterocycles. The number of rotatable bonds is 5. The number of amides is 2. The first-order valence-corrected chi connectivity index (χ1v) is 8.06. The fourth-order valence-corrected chi connectivity index (χ4v) is 2.96. The maximum absolute atomic E-state index is 12.5. The van der Waals surface area contributed by atoms with E-state index in [9.17, 15) is 14.7 Å². The Morgan fingerprint density at radius 1 is 1.28 bits per heavy atom. The largest absolute Gasteiger partial charge is 0.495 e. The second kappa shape index (κ2) is 7.36. The van der Waals surface area contributed by atoms with Crippen LogP contribution in [0.5, 0.6) is 5.75 Å². The number of carbonyl (C=O) groups excluding carboxylic acids is 2. The van der Waals surface area contributed by atoms with Crippen LogP contribution in [0.3, 0.4) is 0 Å². The molecule has 0 radical (unpaired) electrons. The van der Waals surface area contributed by atoms with Crippen molar-refractivity contribution in [3.05, 3.63) is 54.1 Å². The van der Waals surface area contributed by atoms with Gasteiger partial charge in [-0.3, -0.25) is 9.59 Å². The van der Waals surface area contributed by atoms with Crippen LogP contribution in [0.15, 0.2) is 48.5 Å². The van der Waals surface area contributed by atoms with E-state index in [1.165, 1.54) is 0 Å².